The lowest BCUT2D eigenvalue weighted by Crippen LogP contribution is -2.38. The molecule has 2 fully saturated rings. The zero-order valence-electron chi connectivity index (χ0n) is 9.95. The second-order valence-corrected chi connectivity index (χ2v) is 4.93. The van der Waals surface area contributed by atoms with Crippen molar-refractivity contribution in [2.24, 2.45) is 0 Å². The van der Waals surface area contributed by atoms with Crippen molar-refractivity contribution in [1.29, 1.82) is 0 Å². The Morgan fingerprint density at radius 2 is 1.93 bits per heavy atom. The van der Waals surface area contributed by atoms with Gasteiger partial charge in [0, 0.05) is 32.3 Å². The molecule has 2 rings (SSSR count). The van der Waals surface area contributed by atoms with Gasteiger partial charge in [-0.2, -0.15) is 0 Å². The van der Waals surface area contributed by atoms with Gasteiger partial charge in [-0.15, -0.1) is 0 Å². The van der Waals surface area contributed by atoms with Gasteiger partial charge < -0.3 is 9.47 Å². The Balaban J connectivity index is 1.76. The van der Waals surface area contributed by atoms with Crippen LogP contribution in [0.2, 0.25) is 0 Å². The van der Waals surface area contributed by atoms with Crippen LogP contribution in [0.25, 0.3) is 0 Å². The summed E-state index contributed by atoms with van der Waals surface area (Å²) in [7, 11) is 0. The molecule has 2 aliphatic rings. The van der Waals surface area contributed by atoms with Crippen molar-refractivity contribution in [3.63, 3.8) is 0 Å². The third-order valence-corrected chi connectivity index (χ3v) is 3.35. The van der Waals surface area contributed by atoms with E-state index in [1.165, 1.54) is 25.8 Å². The molecule has 2 heterocycles. The Hall–Kier alpha value is -0.120. The monoisotopic (exact) mass is 213 g/mol. The van der Waals surface area contributed by atoms with Crippen molar-refractivity contribution in [2.75, 3.05) is 26.3 Å². The zero-order valence-corrected chi connectivity index (χ0v) is 9.95. The number of nitrogens with zero attached hydrogens (tertiary/aromatic N) is 1. The summed E-state index contributed by atoms with van der Waals surface area (Å²) in [5, 5.41) is 0. The third kappa shape index (κ3) is 3.16. The normalized spacial score (nSPS) is 30.2. The van der Waals surface area contributed by atoms with E-state index in [2.05, 4.69) is 18.7 Å². The highest BCUT2D eigenvalue weighted by Gasteiger charge is 2.29. The Kier molecular flexibility index (Phi) is 4.00. The lowest BCUT2D eigenvalue weighted by molar-refractivity contribution is 0.00183. The fraction of sp³-hybridized carbons (Fsp3) is 1.00. The van der Waals surface area contributed by atoms with E-state index in [1.54, 1.807) is 0 Å². The first-order valence-electron chi connectivity index (χ1n) is 6.23. The number of hydrogen-bond donors (Lipinski definition) is 0. The molecule has 0 aromatic heterocycles. The fourth-order valence-electron chi connectivity index (χ4n) is 2.63. The van der Waals surface area contributed by atoms with Gasteiger partial charge in [0.2, 0.25) is 0 Å². The minimum absolute atomic E-state index is 0.365. The molecule has 0 amide bonds. The maximum Gasteiger partial charge on any atom is 0.0717 e. The summed E-state index contributed by atoms with van der Waals surface area (Å²) in [5.74, 6) is 0. The van der Waals surface area contributed by atoms with Gasteiger partial charge in [-0.25, -0.2) is 0 Å². The first kappa shape index (κ1) is 11.4. The molecule has 0 bridgehead atoms. The standard InChI is InChI=1S/C12H23NO2/c1-10(2)15-12-3-6-13(9-12)11-4-7-14-8-5-11/h10-12H,3-9H2,1-2H3/t12-/m1/s1. The highest BCUT2D eigenvalue weighted by atomic mass is 16.5. The Morgan fingerprint density at radius 1 is 1.20 bits per heavy atom. The first-order valence-corrected chi connectivity index (χ1v) is 6.23. The Labute approximate surface area is 92.7 Å². The van der Waals surface area contributed by atoms with Gasteiger partial charge >= 0.3 is 0 Å². The lowest BCUT2D eigenvalue weighted by Gasteiger charge is -2.31. The van der Waals surface area contributed by atoms with E-state index in [0.29, 0.717) is 12.2 Å². The molecule has 0 saturated carbocycles. The van der Waals surface area contributed by atoms with E-state index in [-0.39, 0.29) is 0 Å². The van der Waals surface area contributed by atoms with Crippen LogP contribution < -0.4 is 0 Å². The first-order chi connectivity index (χ1) is 7.25. The van der Waals surface area contributed by atoms with Crippen molar-refractivity contribution < 1.29 is 9.47 Å². The van der Waals surface area contributed by atoms with Gasteiger partial charge in [-0.1, -0.05) is 0 Å². The predicted octanol–water partition coefficient (Wildman–Crippen LogP) is 1.66. The van der Waals surface area contributed by atoms with E-state index in [9.17, 15) is 0 Å². The smallest absolute Gasteiger partial charge is 0.0717 e. The topological polar surface area (TPSA) is 21.7 Å². The van der Waals surface area contributed by atoms with Crippen LogP contribution in [-0.4, -0.2) is 49.5 Å². The maximum absolute atomic E-state index is 5.86. The molecule has 3 nitrogen and oxygen atoms in total. The minimum Gasteiger partial charge on any atom is -0.381 e. The maximum atomic E-state index is 5.86. The summed E-state index contributed by atoms with van der Waals surface area (Å²) in [6.45, 7) is 8.47. The highest BCUT2D eigenvalue weighted by molar-refractivity contribution is 4.83. The van der Waals surface area contributed by atoms with Crippen molar-refractivity contribution in [1.82, 2.24) is 4.90 Å². The molecular weight excluding hydrogens is 190 g/mol. The molecule has 3 heteroatoms. The van der Waals surface area contributed by atoms with E-state index in [4.69, 9.17) is 9.47 Å². The summed E-state index contributed by atoms with van der Waals surface area (Å²) >= 11 is 0. The van der Waals surface area contributed by atoms with Crippen molar-refractivity contribution in [2.45, 2.75) is 51.4 Å². The number of hydrogen-bond acceptors (Lipinski definition) is 3. The van der Waals surface area contributed by atoms with E-state index in [1.807, 2.05) is 0 Å². The molecule has 0 unspecified atom stereocenters. The molecule has 1 atom stereocenters. The highest BCUT2D eigenvalue weighted by Crippen LogP contribution is 2.22. The summed E-state index contributed by atoms with van der Waals surface area (Å²) in [5.41, 5.74) is 0. The number of rotatable bonds is 3. The second-order valence-electron chi connectivity index (χ2n) is 4.93. The molecule has 2 saturated heterocycles. The summed E-state index contributed by atoms with van der Waals surface area (Å²) in [6, 6.07) is 0.750. The van der Waals surface area contributed by atoms with Crippen LogP contribution in [0.15, 0.2) is 0 Å². The molecule has 0 aliphatic carbocycles. The van der Waals surface area contributed by atoms with Gasteiger partial charge in [0.05, 0.1) is 12.2 Å². The van der Waals surface area contributed by atoms with Crippen LogP contribution in [0, 0.1) is 0 Å². The average molecular weight is 213 g/mol. The van der Waals surface area contributed by atoms with Crippen LogP contribution in [0.5, 0.6) is 0 Å². The lowest BCUT2D eigenvalue weighted by atomic mass is 10.1. The number of likely N-dealkylation sites (tertiary alicyclic amines) is 1. The molecule has 2 aliphatic heterocycles. The van der Waals surface area contributed by atoms with E-state index < -0.39 is 0 Å². The van der Waals surface area contributed by atoms with Gasteiger partial charge in [-0.3, -0.25) is 4.90 Å². The van der Waals surface area contributed by atoms with Gasteiger partial charge in [0.25, 0.3) is 0 Å². The minimum atomic E-state index is 0.365. The molecular formula is C12H23NO2. The van der Waals surface area contributed by atoms with Gasteiger partial charge in [0.15, 0.2) is 0 Å². The fourth-order valence-corrected chi connectivity index (χ4v) is 2.63. The van der Waals surface area contributed by atoms with Crippen LogP contribution in [0.4, 0.5) is 0 Å². The summed E-state index contributed by atoms with van der Waals surface area (Å²) < 4.78 is 11.3. The van der Waals surface area contributed by atoms with Gasteiger partial charge in [0.1, 0.15) is 0 Å². The average Bonchev–Trinajstić information content (AvgIpc) is 2.67. The van der Waals surface area contributed by atoms with Crippen LogP contribution >= 0.6 is 0 Å². The molecule has 15 heavy (non-hydrogen) atoms. The Bertz CT molecular complexity index is 190. The molecule has 0 aromatic carbocycles. The SMILES string of the molecule is CC(C)O[C@@H]1CCN(C2CCOCC2)C1. The van der Waals surface area contributed by atoms with Crippen LogP contribution in [-0.2, 0) is 9.47 Å². The van der Waals surface area contributed by atoms with Crippen LogP contribution in [0.1, 0.15) is 33.1 Å². The summed E-state index contributed by atoms with van der Waals surface area (Å²) in [4.78, 5) is 2.59. The molecule has 0 N–H and O–H groups in total. The van der Waals surface area contributed by atoms with E-state index in [0.717, 1.165) is 25.8 Å². The van der Waals surface area contributed by atoms with Crippen molar-refractivity contribution in [3.8, 4) is 0 Å². The third-order valence-electron chi connectivity index (χ3n) is 3.35. The quantitative estimate of drug-likeness (QED) is 0.712. The van der Waals surface area contributed by atoms with Crippen LogP contribution in [0.3, 0.4) is 0 Å². The molecule has 0 aromatic rings. The molecule has 0 radical (unpaired) electrons. The Morgan fingerprint density at radius 3 is 2.60 bits per heavy atom. The predicted molar refractivity (Wildman–Crippen MR) is 60.0 cm³/mol. The van der Waals surface area contributed by atoms with Crippen molar-refractivity contribution in [3.05, 3.63) is 0 Å². The zero-order chi connectivity index (χ0) is 10.7. The van der Waals surface area contributed by atoms with Crippen molar-refractivity contribution >= 4 is 0 Å². The molecule has 88 valence electrons. The second kappa shape index (κ2) is 5.28. The summed E-state index contributed by atoms with van der Waals surface area (Å²) in [6.07, 6.45) is 4.44. The number of ether oxygens (including phenoxy) is 2. The molecule has 0 spiro atoms. The largest absolute Gasteiger partial charge is 0.381 e. The van der Waals surface area contributed by atoms with Gasteiger partial charge in [-0.05, 0) is 33.1 Å². The van der Waals surface area contributed by atoms with E-state index >= 15 is 0 Å².